The van der Waals surface area contributed by atoms with E-state index in [4.69, 9.17) is 5.73 Å². The molecule has 1 unspecified atom stereocenters. The first-order chi connectivity index (χ1) is 6.63. The van der Waals surface area contributed by atoms with E-state index >= 15 is 0 Å². The highest BCUT2D eigenvalue weighted by Crippen LogP contribution is 2.03. The quantitative estimate of drug-likeness (QED) is 0.482. The summed E-state index contributed by atoms with van der Waals surface area (Å²) >= 11 is 0. The highest BCUT2D eigenvalue weighted by atomic mass is 15.6. The van der Waals surface area contributed by atoms with Crippen molar-refractivity contribution in [2.24, 2.45) is 5.73 Å². The Kier molecular flexibility index (Phi) is 8.14. The fourth-order valence-corrected chi connectivity index (χ4v) is 1.37. The zero-order valence-corrected chi connectivity index (χ0v) is 10.3. The Hall–Kier alpha value is -0.120. The van der Waals surface area contributed by atoms with Crippen LogP contribution in [0.5, 0.6) is 0 Å². The third-order valence-electron chi connectivity index (χ3n) is 2.58. The molecule has 0 rings (SSSR count). The molecule has 0 aliphatic heterocycles. The van der Waals surface area contributed by atoms with E-state index in [9.17, 15) is 0 Å². The fourth-order valence-electron chi connectivity index (χ4n) is 1.37. The Morgan fingerprint density at radius 1 is 1.07 bits per heavy atom. The van der Waals surface area contributed by atoms with Gasteiger partial charge in [0, 0.05) is 20.1 Å². The van der Waals surface area contributed by atoms with Crippen LogP contribution in [0.15, 0.2) is 0 Å². The first-order valence-corrected chi connectivity index (χ1v) is 5.86. The SMILES string of the molecule is CCCCN(CCCC)N(C)C(C)N. The maximum Gasteiger partial charge on any atom is 0.0678 e. The third-order valence-corrected chi connectivity index (χ3v) is 2.58. The van der Waals surface area contributed by atoms with Crippen LogP contribution in [0.3, 0.4) is 0 Å². The monoisotopic (exact) mass is 201 g/mol. The summed E-state index contributed by atoms with van der Waals surface area (Å²) in [6.07, 6.45) is 5.11. The topological polar surface area (TPSA) is 32.5 Å². The summed E-state index contributed by atoms with van der Waals surface area (Å²) in [5, 5.41) is 4.53. The van der Waals surface area contributed by atoms with Gasteiger partial charge >= 0.3 is 0 Å². The molecule has 0 radical (unpaired) electrons. The molecule has 0 bridgehead atoms. The number of hydrazine groups is 1. The Morgan fingerprint density at radius 2 is 1.50 bits per heavy atom. The van der Waals surface area contributed by atoms with Gasteiger partial charge in [-0.3, -0.25) is 0 Å². The molecule has 0 amide bonds. The molecule has 0 saturated heterocycles. The van der Waals surface area contributed by atoms with E-state index in [2.05, 4.69) is 30.9 Å². The minimum atomic E-state index is 0.115. The summed E-state index contributed by atoms with van der Waals surface area (Å²) in [5.74, 6) is 0. The van der Waals surface area contributed by atoms with Crippen molar-refractivity contribution >= 4 is 0 Å². The molecule has 3 nitrogen and oxygen atoms in total. The summed E-state index contributed by atoms with van der Waals surface area (Å²) < 4.78 is 0. The number of unbranched alkanes of at least 4 members (excludes halogenated alkanes) is 2. The molecule has 0 aliphatic carbocycles. The molecular formula is C11H27N3. The van der Waals surface area contributed by atoms with Gasteiger partial charge in [0.25, 0.3) is 0 Å². The number of hydrogen-bond acceptors (Lipinski definition) is 3. The molecule has 86 valence electrons. The molecule has 0 spiro atoms. The minimum absolute atomic E-state index is 0.115. The van der Waals surface area contributed by atoms with Crippen molar-refractivity contribution in [2.45, 2.75) is 52.6 Å². The Balaban J connectivity index is 3.94. The van der Waals surface area contributed by atoms with Crippen LogP contribution < -0.4 is 5.73 Å². The second kappa shape index (κ2) is 8.21. The van der Waals surface area contributed by atoms with Crippen LogP contribution in [0.4, 0.5) is 0 Å². The van der Waals surface area contributed by atoms with Gasteiger partial charge in [-0.2, -0.15) is 0 Å². The molecule has 0 fully saturated rings. The van der Waals surface area contributed by atoms with E-state index in [1.54, 1.807) is 0 Å². The van der Waals surface area contributed by atoms with Crippen LogP contribution in [-0.2, 0) is 0 Å². The molecule has 3 heteroatoms. The molecule has 1 atom stereocenters. The first kappa shape index (κ1) is 13.9. The van der Waals surface area contributed by atoms with Crippen LogP contribution >= 0.6 is 0 Å². The zero-order valence-electron chi connectivity index (χ0n) is 10.3. The largest absolute Gasteiger partial charge is 0.315 e. The van der Waals surface area contributed by atoms with Gasteiger partial charge < -0.3 is 5.73 Å². The van der Waals surface area contributed by atoms with E-state index in [1.807, 2.05) is 6.92 Å². The van der Waals surface area contributed by atoms with Crippen molar-refractivity contribution in [2.75, 3.05) is 20.1 Å². The van der Waals surface area contributed by atoms with E-state index in [1.165, 1.54) is 25.7 Å². The zero-order chi connectivity index (χ0) is 11.0. The number of nitrogens with two attached hydrogens (primary N) is 1. The van der Waals surface area contributed by atoms with E-state index in [0.717, 1.165) is 13.1 Å². The van der Waals surface area contributed by atoms with E-state index in [-0.39, 0.29) is 6.17 Å². The third kappa shape index (κ3) is 5.58. The molecule has 0 aromatic carbocycles. The summed E-state index contributed by atoms with van der Waals surface area (Å²) in [6.45, 7) is 8.75. The van der Waals surface area contributed by atoms with Crippen molar-refractivity contribution in [1.29, 1.82) is 0 Å². The second-order valence-electron chi connectivity index (χ2n) is 3.98. The van der Waals surface area contributed by atoms with Gasteiger partial charge in [-0.15, -0.1) is 0 Å². The van der Waals surface area contributed by atoms with Crippen molar-refractivity contribution in [3.05, 3.63) is 0 Å². The number of rotatable bonds is 8. The fraction of sp³-hybridized carbons (Fsp3) is 1.00. The predicted octanol–water partition coefficient (Wildman–Crippen LogP) is 2.04. The van der Waals surface area contributed by atoms with Crippen LogP contribution in [0.25, 0.3) is 0 Å². The van der Waals surface area contributed by atoms with Crippen molar-refractivity contribution in [3.8, 4) is 0 Å². The summed E-state index contributed by atoms with van der Waals surface area (Å²) in [4.78, 5) is 0. The lowest BCUT2D eigenvalue weighted by Crippen LogP contribution is -2.49. The Bertz CT molecular complexity index is 118. The van der Waals surface area contributed by atoms with Crippen LogP contribution in [-0.4, -0.2) is 36.3 Å². The molecule has 0 aliphatic rings. The average Bonchev–Trinajstić information content (AvgIpc) is 2.17. The standard InChI is InChI=1S/C11H27N3/c1-5-7-9-14(10-8-6-2)13(4)11(3)12/h11H,5-10,12H2,1-4H3. The van der Waals surface area contributed by atoms with Crippen molar-refractivity contribution in [1.82, 2.24) is 10.0 Å². The van der Waals surface area contributed by atoms with Gasteiger partial charge in [0.2, 0.25) is 0 Å². The first-order valence-electron chi connectivity index (χ1n) is 5.86. The lowest BCUT2D eigenvalue weighted by Gasteiger charge is -2.34. The molecule has 14 heavy (non-hydrogen) atoms. The Labute approximate surface area is 89.2 Å². The molecule has 0 heterocycles. The van der Waals surface area contributed by atoms with Crippen LogP contribution in [0.2, 0.25) is 0 Å². The van der Waals surface area contributed by atoms with E-state index in [0.29, 0.717) is 0 Å². The van der Waals surface area contributed by atoms with Gasteiger partial charge in [0.15, 0.2) is 0 Å². The average molecular weight is 201 g/mol. The van der Waals surface area contributed by atoms with Crippen LogP contribution in [0.1, 0.15) is 46.5 Å². The Morgan fingerprint density at radius 3 is 1.79 bits per heavy atom. The minimum Gasteiger partial charge on any atom is -0.315 e. The number of hydrogen-bond donors (Lipinski definition) is 1. The predicted molar refractivity (Wildman–Crippen MR) is 62.8 cm³/mol. The van der Waals surface area contributed by atoms with Gasteiger partial charge in [-0.25, -0.2) is 10.0 Å². The normalized spacial score (nSPS) is 13.9. The molecule has 0 aromatic rings. The summed E-state index contributed by atoms with van der Waals surface area (Å²) in [7, 11) is 2.08. The highest BCUT2D eigenvalue weighted by Gasteiger charge is 2.12. The molecule has 2 N–H and O–H groups in total. The van der Waals surface area contributed by atoms with E-state index < -0.39 is 0 Å². The highest BCUT2D eigenvalue weighted by molar-refractivity contribution is 4.57. The lowest BCUT2D eigenvalue weighted by atomic mass is 10.3. The van der Waals surface area contributed by atoms with Crippen molar-refractivity contribution < 1.29 is 0 Å². The summed E-state index contributed by atoms with van der Waals surface area (Å²) in [5.41, 5.74) is 5.86. The van der Waals surface area contributed by atoms with Gasteiger partial charge in [0.05, 0.1) is 6.17 Å². The van der Waals surface area contributed by atoms with Crippen LogP contribution in [0, 0.1) is 0 Å². The lowest BCUT2D eigenvalue weighted by molar-refractivity contribution is -0.0320. The maximum absolute atomic E-state index is 5.86. The smallest absolute Gasteiger partial charge is 0.0678 e. The van der Waals surface area contributed by atoms with Crippen molar-refractivity contribution in [3.63, 3.8) is 0 Å². The summed E-state index contributed by atoms with van der Waals surface area (Å²) in [6, 6.07) is 0. The van der Waals surface area contributed by atoms with Gasteiger partial charge in [-0.1, -0.05) is 26.7 Å². The van der Waals surface area contributed by atoms with Gasteiger partial charge in [0.1, 0.15) is 0 Å². The molecule has 0 saturated carbocycles. The van der Waals surface area contributed by atoms with Gasteiger partial charge in [-0.05, 0) is 19.8 Å². The molecule has 0 aromatic heterocycles. The maximum atomic E-state index is 5.86. The second-order valence-corrected chi connectivity index (χ2v) is 3.98. The molecular weight excluding hydrogens is 174 g/mol. The number of nitrogens with zero attached hydrogens (tertiary/aromatic N) is 2.